The molecule has 7 nitrogen and oxygen atoms in total. The molecular formula is C24H30N2O5S2. The summed E-state index contributed by atoms with van der Waals surface area (Å²) in [7, 11) is 0. The molecule has 178 valence electrons. The molecule has 1 fully saturated rings. The highest BCUT2D eigenvalue weighted by Gasteiger charge is 2.36. The molecule has 9 heteroatoms. The van der Waals surface area contributed by atoms with Crippen LogP contribution in [0.15, 0.2) is 41.8 Å². The molecule has 1 aliphatic rings. The Balaban J connectivity index is 1.77. The Kier molecular flexibility index (Phi) is 9.34. The molecule has 1 aliphatic heterocycles. The second-order valence-electron chi connectivity index (χ2n) is 7.95. The van der Waals surface area contributed by atoms with Gasteiger partial charge >= 0.3 is 11.9 Å². The third-order valence-corrected chi connectivity index (χ3v) is 8.11. The molecule has 1 aromatic heterocycles. The van der Waals surface area contributed by atoms with E-state index in [2.05, 4.69) is 5.32 Å². The van der Waals surface area contributed by atoms with Crippen molar-refractivity contribution in [3.8, 4) is 0 Å². The van der Waals surface area contributed by atoms with E-state index < -0.39 is 24.0 Å². The van der Waals surface area contributed by atoms with Gasteiger partial charge in [-0.3, -0.25) is 19.7 Å². The molecule has 1 saturated heterocycles. The summed E-state index contributed by atoms with van der Waals surface area (Å²) in [6.45, 7) is 3.98. The van der Waals surface area contributed by atoms with Crippen LogP contribution in [0.4, 0.5) is 0 Å². The smallest absolute Gasteiger partial charge is 0.323 e. The molecule has 3 rings (SSSR count). The Morgan fingerprint density at radius 2 is 2.03 bits per heavy atom. The molecule has 0 radical (unpaired) electrons. The molecule has 1 amide bonds. The number of thioether (sulfide) groups is 1. The molecule has 0 aliphatic carbocycles. The van der Waals surface area contributed by atoms with Crippen LogP contribution in [0.1, 0.15) is 34.6 Å². The lowest BCUT2D eigenvalue weighted by Crippen LogP contribution is -2.53. The number of carbonyl (C=O) groups is 3. The minimum Gasteiger partial charge on any atom is -0.480 e. The van der Waals surface area contributed by atoms with Crippen LogP contribution in [0.2, 0.25) is 0 Å². The van der Waals surface area contributed by atoms with Gasteiger partial charge in [-0.05, 0) is 49.3 Å². The van der Waals surface area contributed by atoms with Gasteiger partial charge in [0.1, 0.15) is 12.6 Å². The minimum atomic E-state index is -1.05. The fourth-order valence-corrected chi connectivity index (χ4v) is 6.41. The van der Waals surface area contributed by atoms with Crippen LogP contribution in [0.3, 0.4) is 0 Å². The first kappa shape index (κ1) is 25.3. The van der Waals surface area contributed by atoms with E-state index in [1.165, 1.54) is 4.90 Å². The van der Waals surface area contributed by atoms with Crippen LogP contribution in [0, 0.1) is 6.92 Å². The summed E-state index contributed by atoms with van der Waals surface area (Å²) in [4.78, 5) is 40.0. The van der Waals surface area contributed by atoms with E-state index in [1.54, 1.807) is 30.0 Å². The molecule has 1 aromatic carbocycles. The van der Waals surface area contributed by atoms with Crippen LogP contribution in [-0.4, -0.2) is 65.4 Å². The van der Waals surface area contributed by atoms with Gasteiger partial charge in [0, 0.05) is 17.2 Å². The molecule has 33 heavy (non-hydrogen) atoms. The van der Waals surface area contributed by atoms with E-state index in [4.69, 9.17) is 4.74 Å². The fraction of sp³-hybridized carbons (Fsp3) is 0.458. The highest BCUT2D eigenvalue weighted by molar-refractivity contribution is 7.99. The number of amides is 1. The second-order valence-corrected chi connectivity index (χ2v) is 10.1. The molecule has 0 spiro atoms. The molecule has 2 N–H and O–H groups in total. The maximum atomic E-state index is 13.3. The average Bonchev–Trinajstić information content (AvgIpc) is 3.16. The fourth-order valence-electron chi connectivity index (χ4n) is 3.86. The lowest BCUT2D eigenvalue weighted by atomic mass is 10.0. The summed E-state index contributed by atoms with van der Waals surface area (Å²) < 4.78 is 5.26. The van der Waals surface area contributed by atoms with Gasteiger partial charge in [0.2, 0.25) is 5.91 Å². The van der Waals surface area contributed by atoms with Crippen molar-refractivity contribution in [1.82, 2.24) is 10.2 Å². The molecule has 0 bridgehead atoms. The number of rotatable bonds is 10. The molecule has 3 unspecified atom stereocenters. The lowest BCUT2D eigenvalue weighted by molar-refractivity contribution is -0.148. The van der Waals surface area contributed by atoms with Gasteiger partial charge in [-0.25, -0.2) is 0 Å². The van der Waals surface area contributed by atoms with Crippen molar-refractivity contribution in [3.63, 3.8) is 0 Å². The Hall–Kier alpha value is -2.36. The van der Waals surface area contributed by atoms with Gasteiger partial charge in [-0.2, -0.15) is 0 Å². The van der Waals surface area contributed by atoms with Crippen molar-refractivity contribution >= 4 is 40.9 Å². The van der Waals surface area contributed by atoms with Gasteiger partial charge in [0.25, 0.3) is 0 Å². The second kappa shape index (κ2) is 12.2. The van der Waals surface area contributed by atoms with Crippen LogP contribution in [0.5, 0.6) is 0 Å². The molecule has 3 atom stereocenters. The SMILES string of the molecule is CCOC(=O)C(CCc1ccccc1)NC1CSC(c2sccc2C)CN(CC(=O)O)C1=O. The molecular weight excluding hydrogens is 460 g/mol. The number of nitrogens with one attached hydrogen (secondary N) is 1. The summed E-state index contributed by atoms with van der Waals surface area (Å²) in [5, 5.41) is 14.6. The first-order valence-electron chi connectivity index (χ1n) is 11.0. The van der Waals surface area contributed by atoms with Crippen molar-refractivity contribution < 1.29 is 24.2 Å². The van der Waals surface area contributed by atoms with Gasteiger partial charge in [0.05, 0.1) is 17.9 Å². The first-order valence-corrected chi connectivity index (χ1v) is 12.9. The van der Waals surface area contributed by atoms with E-state index in [0.29, 0.717) is 25.1 Å². The van der Waals surface area contributed by atoms with Crippen LogP contribution >= 0.6 is 23.1 Å². The predicted octanol–water partition coefficient (Wildman–Crippen LogP) is 3.28. The number of aliphatic carboxylic acids is 1. The van der Waals surface area contributed by atoms with Gasteiger partial charge < -0.3 is 14.7 Å². The zero-order valence-electron chi connectivity index (χ0n) is 18.9. The Labute approximate surface area is 202 Å². The number of carboxylic acid groups (broad SMARTS) is 1. The summed E-state index contributed by atoms with van der Waals surface area (Å²) >= 11 is 3.24. The summed E-state index contributed by atoms with van der Waals surface area (Å²) in [5.74, 6) is -1.30. The van der Waals surface area contributed by atoms with Crippen molar-refractivity contribution in [3.05, 3.63) is 57.8 Å². The minimum absolute atomic E-state index is 0.00883. The number of esters is 1. The zero-order chi connectivity index (χ0) is 23.8. The predicted molar refractivity (Wildman–Crippen MR) is 131 cm³/mol. The van der Waals surface area contributed by atoms with Crippen LogP contribution < -0.4 is 5.32 Å². The number of carbonyl (C=O) groups excluding carboxylic acids is 2. The highest BCUT2D eigenvalue weighted by atomic mass is 32.2. The number of ether oxygens (including phenoxy) is 1. The summed E-state index contributed by atoms with van der Waals surface area (Å²) in [6, 6.07) is 10.5. The van der Waals surface area contributed by atoms with Crippen molar-refractivity contribution in [2.45, 2.75) is 44.0 Å². The Morgan fingerprint density at radius 1 is 1.27 bits per heavy atom. The quantitative estimate of drug-likeness (QED) is 0.494. The lowest BCUT2D eigenvalue weighted by Gasteiger charge is -2.27. The van der Waals surface area contributed by atoms with E-state index in [9.17, 15) is 19.5 Å². The van der Waals surface area contributed by atoms with E-state index in [0.717, 1.165) is 16.0 Å². The van der Waals surface area contributed by atoms with Gasteiger partial charge in [-0.1, -0.05) is 30.3 Å². The third kappa shape index (κ3) is 7.06. The summed E-state index contributed by atoms with van der Waals surface area (Å²) in [5.41, 5.74) is 2.23. The zero-order valence-corrected chi connectivity index (χ0v) is 20.5. The first-order chi connectivity index (χ1) is 15.9. The number of carboxylic acids is 1. The van der Waals surface area contributed by atoms with E-state index in [-0.39, 0.29) is 24.3 Å². The van der Waals surface area contributed by atoms with Gasteiger partial charge in [-0.15, -0.1) is 23.1 Å². The Morgan fingerprint density at radius 3 is 2.67 bits per heavy atom. The van der Waals surface area contributed by atoms with E-state index >= 15 is 0 Å². The number of thiophene rings is 1. The van der Waals surface area contributed by atoms with Crippen molar-refractivity contribution in [2.24, 2.45) is 0 Å². The maximum Gasteiger partial charge on any atom is 0.323 e. The standard InChI is InChI=1S/C24H30N2O5S2/c1-3-31-24(30)18(10-9-17-7-5-4-6-8-17)25-19-15-33-20(22-16(2)11-12-32-22)13-26(23(19)29)14-21(27)28/h4-8,11-12,18-20,25H,3,9-10,13-15H2,1-2H3,(H,27,28). The maximum absolute atomic E-state index is 13.3. The molecule has 0 saturated carbocycles. The number of benzene rings is 1. The highest BCUT2D eigenvalue weighted by Crippen LogP contribution is 2.37. The number of hydrogen-bond donors (Lipinski definition) is 2. The number of nitrogens with zero attached hydrogens (tertiary/aromatic N) is 1. The van der Waals surface area contributed by atoms with Crippen molar-refractivity contribution in [1.29, 1.82) is 0 Å². The van der Waals surface area contributed by atoms with Crippen LogP contribution in [-0.2, 0) is 25.5 Å². The topological polar surface area (TPSA) is 95.9 Å². The van der Waals surface area contributed by atoms with Crippen molar-refractivity contribution in [2.75, 3.05) is 25.4 Å². The summed E-state index contributed by atoms with van der Waals surface area (Å²) in [6.07, 6.45) is 1.13. The monoisotopic (exact) mass is 490 g/mol. The van der Waals surface area contributed by atoms with E-state index in [1.807, 2.05) is 48.7 Å². The molecule has 2 heterocycles. The van der Waals surface area contributed by atoms with Crippen LogP contribution in [0.25, 0.3) is 0 Å². The van der Waals surface area contributed by atoms with Gasteiger partial charge in [0.15, 0.2) is 0 Å². The third-order valence-electron chi connectivity index (χ3n) is 5.52. The normalized spacial score (nSPS) is 19.7. The Bertz CT molecular complexity index is 949. The molecule has 2 aromatic rings. The largest absolute Gasteiger partial charge is 0.480 e. The number of aryl methyl sites for hydroxylation is 2. The average molecular weight is 491 g/mol. The number of hydrogen-bond acceptors (Lipinski definition) is 7.